The van der Waals surface area contributed by atoms with E-state index in [9.17, 15) is 14.6 Å². The molecule has 0 aromatic carbocycles. The quantitative estimate of drug-likeness (QED) is 0.524. The molecule has 1 aliphatic carbocycles. The molecule has 180 valence electrons. The van der Waals surface area contributed by atoms with E-state index >= 15 is 0 Å². The molecule has 3 N–H and O–H groups in total. The third-order valence-corrected chi connectivity index (χ3v) is 7.02. The highest BCUT2D eigenvalue weighted by Gasteiger charge is 2.37. The molecule has 4 heterocycles. The van der Waals surface area contributed by atoms with E-state index in [1.807, 2.05) is 12.1 Å². The van der Waals surface area contributed by atoms with Crippen molar-refractivity contribution < 1.29 is 19.3 Å². The number of ether oxygens (including phenoxy) is 1. The van der Waals surface area contributed by atoms with Crippen LogP contribution in [-0.4, -0.2) is 57.6 Å². The normalized spacial score (nSPS) is 23.0. The van der Waals surface area contributed by atoms with E-state index in [0.29, 0.717) is 62.0 Å². The minimum absolute atomic E-state index is 0.0322. The van der Waals surface area contributed by atoms with Crippen molar-refractivity contribution in [2.75, 3.05) is 36.5 Å². The van der Waals surface area contributed by atoms with Crippen molar-refractivity contribution in [2.24, 2.45) is 5.92 Å². The Morgan fingerprint density at radius 1 is 1.09 bits per heavy atom. The van der Waals surface area contributed by atoms with Gasteiger partial charge in [-0.15, -0.1) is 0 Å². The Morgan fingerprint density at radius 3 is 2.62 bits per heavy atom. The number of anilines is 3. The van der Waals surface area contributed by atoms with Crippen molar-refractivity contribution in [1.82, 2.24) is 15.0 Å². The Kier molecular flexibility index (Phi) is 6.33. The van der Waals surface area contributed by atoms with Crippen molar-refractivity contribution in [2.45, 2.75) is 44.3 Å². The van der Waals surface area contributed by atoms with Crippen LogP contribution >= 0.6 is 0 Å². The van der Waals surface area contributed by atoms with E-state index in [1.54, 1.807) is 25.3 Å². The van der Waals surface area contributed by atoms with Crippen LogP contribution < -0.4 is 10.2 Å². The molecular formula is C25H30FN5O3. The molecule has 3 aromatic heterocycles. The number of hydrogen-bond donors (Lipinski definition) is 3. The first-order chi connectivity index (χ1) is 16.4. The molecule has 0 amide bonds. The molecule has 1 atom stereocenters. The van der Waals surface area contributed by atoms with Crippen LogP contribution in [0.2, 0.25) is 0 Å². The van der Waals surface area contributed by atoms with Crippen molar-refractivity contribution in [3.63, 3.8) is 0 Å². The number of fused-ring (bicyclic) bond motifs is 1. The van der Waals surface area contributed by atoms with Crippen LogP contribution in [0.4, 0.5) is 21.7 Å². The predicted molar refractivity (Wildman–Crippen MR) is 128 cm³/mol. The molecule has 0 radical (unpaired) electrons. The summed E-state index contributed by atoms with van der Waals surface area (Å²) < 4.78 is 19.9. The molecule has 1 aliphatic heterocycles. The molecular weight excluding hydrogens is 437 g/mol. The van der Waals surface area contributed by atoms with E-state index in [4.69, 9.17) is 9.72 Å². The maximum absolute atomic E-state index is 14.5. The lowest BCUT2D eigenvalue weighted by atomic mass is 9.75. The van der Waals surface area contributed by atoms with Gasteiger partial charge in [0.1, 0.15) is 17.2 Å². The summed E-state index contributed by atoms with van der Waals surface area (Å²) in [5, 5.41) is 25.0. The van der Waals surface area contributed by atoms with Crippen LogP contribution in [0.1, 0.15) is 38.3 Å². The zero-order valence-electron chi connectivity index (χ0n) is 19.2. The molecule has 0 spiro atoms. The largest absolute Gasteiger partial charge is 0.393 e. The standard InChI is InChI=1S/C25H30FN5O3/c1-25(33,17-3-5-18(32)6-4-17)22-7-2-16-14-27-23(12-20(16)29-22)30-21-13-24(28-15-19(21)26)31-8-10-34-11-9-31/h2,7,12-15,17-18,32-33H,3-6,8-11H2,1H3,(H,27,28,30). The summed E-state index contributed by atoms with van der Waals surface area (Å²) in [5.41, 5.74) is 0.430. The van der Waals surface area contributed by atoms with Crippen LogP contribution in [-0.2, 0) is 10.3 Å². The smallest absolute Gasteiger partial charge is 0.165 e. The van der Waals surface area contributed by atoms with E-state index in [0.717, 1.165) is 18.2 Å². The molecule has 1 saturated carbocycles. The molecule has 0 bridgehead atoms. The van der Waals surface area contributed by atoms with E-state index in [1.165, 1.54) is 6.20 Å². The van der Waals surface area contributed by atoms with Gasteiger partial charge < -0.3 is 25.2 Å². The number of aliphatic hydroxyl groups excluding tert-OH is 1. The summed E-state index contributed by atoms with van der Waals surface area (Å²) in [4.78, 5) is 15.4. The molecule has 8 nitrogen and oxygen atoms in total. The summed E-state index contributed by atoms with van der Waals surface area (Å²) in [6.45, 7) is 4.45. The Balaban J connectivity index is 1.40. The first-order valence-corrected chi connectivity index (χ1v) is 11.8. The summed E-state index contributed by atoms with van der Waals surface area (Å²) in [5.74, 6) is 0.700. The van der Waals surface area contributed by atoms with E-state index in [-0.39, 0.29) is 17.7 Å². The Labute approximate surface area is 197 Å². The molecule has 1 unspecified atom stereocenters. The van der Waals surface area contributed by atoms with Crippen LogP contribution in [0.25, 0.3) is 10.9 Å². The van der Waals surface area contributed by atoms with Gasteiger partial charge in [-0.1, -0.05) is 0 Å². The zero-order chi connectivity index (χ0) is 23.7. The Morgan fingerprint density at radius 2 is 1.85 bits per heavy atom. The second kappa shape index (κ2) is 9.40. The number of nitrogens with one attached hydrogen (secondary N) is 1. The van der Waals surface area contributed by atoms with Gasteiger partial charge >= 0.3 is 0 Å². The molecule has 2 fully saturated rings. The number of aliphatic hydroxyl groups is 2. The van der Waals surface area contributed by atoms with Crippen molar-refractivity contribution >= 4 is 28.2 Å². The highest BCUT2D eigenvalue weighted by molar-refractivity contribution is 5.81. The van der Waals surface area contributed by atoms with Crippen molar-refractivity contribution in [3.05, 3.63) is 48.2 Å². The van der Waals surface area contributed by atoms with E-state index < -0.39 is 11.4 Å². The maximum atomic E-state index is 14.5. The molecule has 3 aromatic rings. The SMILES string of the molecule is CC(O)(c1ccc2cnc(Nc3cc(N4CCOCC4)ncc3F)cc2n1)C1CCC(O)CC1. The fourth-order valence-corrected chi connectivity index (χ4v) is 4.84. The second-order valence-electron chi connectivity index (χ2n) is 9.36. The van der Waals surface area contributed by atoms with Crippen LogP contribution in [0.3, 0.4) is 0 Å². The number of aromatic nitrogens is 3. The molecule has 34 heavy (non-hydrogen) atoms. The lowest BCUT2D eigenvalue weighted by Crippen LogP contribution is -2.36. The number of rotatable bonds is 5. The highest BCUT2D eigenvalue weighted by atomic mass is 19.1. The second-order valence-corrected chi connectivity index (χ2v) is 9.36. The number of pyridine rings is 3. The molecule has 9 heteroatoms. The fraction of sp³-hybridized carbons (Fsp3) is 0.480. The molecule has 2 aliphatic rings. The van der Waals surface area contributed by atoms with Gasteiger partial charge in [-0.05, 0) is 50.7 Å². The van der Waals surface area contributed by atoms with Gasteiger partial charge in [0.15, 0.2) is 5.82 Å². The maximum Gasteiger partial charge on any atom is 0.165 e. The Bertz CT molecular complexity index is 1160. The number of hydrogen-bond acceptors (Lipinski definition) is 8. The topological polar surface area (TPSA) is 104 Å². The van der Waals surface area contributed by atoms with E-state index in [2.05, 4.69) is 20.2 Å². The minimum Gasteiger partial charge on any atom is -0.393 e. The van der Waals surface area contributed by atoms with Gasteiger partial charge in [-0.25, -0.2) is 19.3 Å². The van der Waals surface area contributed by atoms with Gasteiger partial charge in [0.05, 0.1) is 42.4 Å². The van der Waals surface area contributed by atoms with Crippen molar-refractivity contribution in [1.29, 1.82) is 0 Å². The summed E-state index contributed by atoms with van der Waals surface area (Å²) in [7, 11) is 0. The van der Waals surface area contributed by atoms with Crippen LogP contribution in [0, 0.1) is 11.7 Å². The third kappa shape index (κ3) is 4.68. The first-order valence-electron chi connectivity index (χ1n) is 11.8. The summed E-state index contributed by atoms with van der Waals surface area (Å²) in [6.07, 6.45) is 5.50. The predicted octanol–water partition coefficient (Wildman–Crippen LogP) is 3.50. The van der Waals surface area contributed by atoms with Gasteiger partial charge in [0.25, 0.3) is 0 Å². The molecule has 5 rings (SSSR count). The number of morpholine rings is 1. The lowest BCUT2D eigenvalue weighted by molar-refractivity contribution is -0.0408. The van der Waals surface area contributed by atoms with Gasteiger partial charge in [-0.2, -0.15) is 0 Å². The number of nitrogens with zero attached hydrogens (tertiary/aromatic N) is 4. The van der Waals surface area contributed by atoms with Gasteiger partial charge in [0.2, 0.25) is 0 Å². The first kappa shape index (κ1) is 22.9. The third-order valence-electron chi connectivity index (χ3n) is 7.02. The van der Waals surface area contributed by atoms with Crippen LogP contribution in [0.15, 0.2) is 36.7 Å². The van der Waals surface area contributed by atoms with Gasteiger partial charge in [-0.3, -0.25) is 0 Å². The average molecular weight is 468 g/mol. The van der Waals surface area contributed by atoms with Gasteiger partial charge in [0, 0.05) is 36.8 Å². The average Bonchev–Trinajstić information content (AvgIpc) is 2.86. The highest BCUT2D eigenvalue weighted by Crippen LogP contribution is 2.39. The van der Waals surface area contributed by atoms with Crippen LogP contribution in [0.5, 0.6) is 0 Å². The zero-order valence-corrected chi connectivity index (χ0v) is 19.2. The number of halogens is 1. The summed E-state index contributed by atoms with van der Waals surface area (Å²) >= 11 is 0. The monoisotopic (exact) mass is 467 g/mol. The summed E-state index contributed by atoms with van der Waals surface area (Å²) in [6, 6.07) is 7.16. The Hall–Kier alpha value is -2.88. The van der Waals surface area contributed by atoms with Crippen molar-refractivity contribution in [3.8, 4) is 0 Å². The fourth-order valence-electron chi connectivity index (χ4n) is 4.84. The molecule has 1 saturated heterocycles. The minimum atomic E-state index is -1.10. The lowest BCUT2D eigenvalue weighted by Gasteiger charge is -2.36.